The Hall–Kier alpha value is -1.25. The fourth-order valence-electron chi connectivity index (χ4n) is 0.731. The zero-order valence-electron chi connectivity index (χ0n) is 7.07. The lowest BCUT2D eigenvalue weighted by Crippen LogP contribution is -2.24. The fourth-order valence-corrected chi connectivity index (χ4v) is 1.08. The summed E-state index contributed by atoms with van der Waals surface area (Å²) in [6, 6.07) is 0. The molecule has 1 aliphatic rings. The first-order chi connectivity index (χ1) is 6.74. The van der Waals surface area contributed by atoms with Crippen LogP contribution in [0.25, 0.3) is 0 Å². The summed E-state index contributed by atoms with van der Waals surface area (Å²) in [6.07, 6.45) is 0.268. The van der Waals surface area contributed by atoms with Gasteiger partial charge in [0.15, 0.2) is 0 Å². The van der Waals surface area contributed by atoms with Crippen molar-refractivity contribution in [1.82, 2.24) is 0 Å². The van der Waals surface area contributed by atoms with Crippen LogP contribution in [0.5, 0.6) is 0 Å². The lowest BCUT2D eigenvalue weighted by molar-refractivity contribution is -0.135. The van der Waals surface area contributed by atoms with Crippen LogP contribution in [-0.2, 0) is 23.8 Å². The summed E-state index contributed by atoms with van der Waals surface area (Å²) in [5.41, 5.74) is -5.75. The van der Waals surface area contributed by atoms with Crippen LogP contribution in [0.1, 0.15) is 6.42 Å². The highest BCUT2D eigenvalue weighted by atomic mass is 32.2. The molecule has 9 heteroatoms. The summed E-state index contributed by atoms with van der Waals surface area (Å²) in [5, 5.41) is 0. The van der Waals surface area contributed by atoms with E-state index in [-0.39, 0.29) is 24.9 Å². The summed E-state index contributed by atoms with van der Waals surface area (Å²) in [7, 11) is -5.69. The molecule has 0 atom stereocenters. The molecule has 0 spiro atoms. The molecule has 1 heterocycles. The van der Waals surface area contributed by atoms with Gasteiger partial charge in [-0.05, 0) is 0 Å². The van der Waals surface area contributed by atoms with Crippen LogP contribution in [-0.4, -0.2) is 26.5 Å². The third-order valence-electron chi connectivity index (χ3n) is 1.47. The number of esters is 1. The van der Waals surface area contributed by atoms with Gasteiger partial charge >= 0.3 is 21.6 Å². The van der Waals surface area contributed by atoms with Crippen LogP contribution in [0.15, 0.2) is 11.8 Å². The third-order valence-corrected chi connectivity index (χ3v) is 2.38. The first-order valence-electron chi connectivity index (χ1n) is 3.60. The number of rotatable bonds is 2. The minimum Gasteiger partial charge on any atom is -0.462 e. The Balaban J connectivity index is 2.76. The topological polar surface area (TPSA) is 69.7 Å². The van der Waals surface area contributed by atoms with Crippen molar-refractivity contribution in [1.29, 1.82) is 0 Å². The second kappa shape index (κ2) is 3.72. The van der Waals surface area contributed by atoms with E-state index in [0.29, 0.717) is 0 Å². The SMILES string of the molecule is O=C1OCC/C1=C/OS(=O)(=O)C(F)(F)F. The van der Waals surface area contributed by atoms with E-state index in [9.17, 15) is 26.4 Å². The molecule has 0 amide bonds. The molecule has 1 fully saturated rings. The maximum atomic E-state index is 11.7. The van der Waals surface area contributed by atoms with Gasteiger partial charge in [-0.1, -0.05) is 0 Å². The van der Waals surface area contributed by atoms with E-state index in [4.69, 9.17) is 0 Å². The minimum absolute atomic E-state index is 0.0000914. The molecule has 0 saturated carbocycles. The lowest BCUT2D eigenvalue weighted by atomic mass is 10.3. The van der Waals surface area contributed by atoms with E-state index >= 15 is 0 Å². The molecule has 1 aliphatic heterocycles. The number of carbonyl (C=O) groups excluding carboxylic acids is 1. The Morgan fingerprint density at radius 2 is 2.00 bits per heavy atom. The van der Waals surface area contributed by atoms with Gasteiger partial charge < -0.3 is 8.92 Å². The van der Waals surface area contributed by atoms with Gasteiger partial charge in [0, 0.05) is 6.42 Å². The summed E-state index contributed by atoms with van der Waals surface area (Å²) in [5.74, 6) is -0.882. The van der Waals surface area contributed by atoms with E-state index in [1.165, 1.54) is 0 Å². The summed E-state index contributed by atoms with van der Waals surface area (Å²) >= 11 is 0. The highest BCUT2D eigenvalue weighted by Crippen LogP contribution is 2.25. The Kier molecular flexibility index (Phi) is 2.93. The van der Waals surface area contributed by atoms with E-state index in [1.807, 2.05) is 0 Å². The summed E-state index contributed by atoms with van der Waals surface area (Å²) < 4.78 is 63.9. The van der Waals surface area contributed by atoms with Gasteiger partial charge in [-0.3, -0.25) is 0 Å². The number of cyclic esters (lactones) is 1. The smallest absolute Gasteiger partial charge is 0.462 e. The molecular weight excluding hydrogens is 241 g/mol. The number of hydrogen-bond donors (Lipinski definition) is 0. The van der Waals surface area contributed by atoms with Gasteiger partial charge in [0.2, 0.25) is 0 Å². The van der Waals surface area contributed by atoms with Crippen molar-refractivity contribution < 1.29 is 35.3 Å². The second-order valence-corrected chi connectivity index (χ2v) is 4.09. The Morgan fingerprint density at radius 1 is 1.40 bits per heavy atom. The number of hydrogen-bond acceptors (Lipinski definition) is 5. The average molecular weight is 246 g/mol. The monoisotopic (exact) mass is 246 g/mol. The van der Waals surface area contributed by atoms with Crippen molar-refractivity contribution >= 4 is 16.1 Å². The molecule has 0 aromatic carbocycles. The van der Waals surface area contributed by atoms with Crippen molar-refractivity contribution in [3.05, 3.63) is 11.8 Å². The zero-order chi connectivity index (χ0) is 11.7. The van der Waals surface area contributed by atoms with Crippen molar-refractivity contribution in [2.45, 2.75) is 11.9 Å². The number of halogens is 3. The number of alkyl halides is 3. The number of ether oxygens (including phenoxy) is 1. The Labute approximate surface area is 82.6 Å². The Bertz CT molecular complexity index is 393. The van der Waals surface area contributed by atoms with Gasteiger partial charge in [0.25, 0.3) is 0 Å². The van der Waals surface area contributed by atoms with Crippen LogP contribution in [0.3, 0.4) is 0 Å². The van der Waals surface area contributed by atoms with Crippen LogP contribution < -0.4 is 0 Å². The van der Waals surface area contributed by atoms with E-state index in [0.717, 1.165) is 0 Å². The largest absolute Gasteiger partial charge is 0.534 e. The first-order valence-corrected chi connectivity index (χ1v) is 5.00. The highest BCUT2D eigenvalue weighted by molar-refractivity contribution is 7.87. The molecular formula is C6H5F3O5S. The normalized spacial score (nSPS) is 20.5. The standard InChI is InChI=1S/C6H5F3O5S/c7-6(8,9)15(11,12)14-3-4-1-2-13-5(4)10/h3H,1-2H2/b4-3-. The lowest BCUT2D eigenvalue weighted by Gasteiger charge is -2.05. The second-order valence-electron chi connectivity index (χ2n) is 2.53. The average Bonchev–Trinajstić information content (AvgIpc) is 2.46. The van der Waals surface area contributed by atoms with Gasteiger partial charge in [-0.2, -0.15) is 21.6 Å². The molecule has 0 N–H and O–H groups in total. The quantitative estimate of drug-likeness (QED) is 0.235. The minimum atomic E-state index is -5.69. The Morgan fingerprint density at radius 3 is 2.40 bits per heavy atom. The van der Waals surface area contributed by atoms with Crippen LogP contribution in [0, 0.1) is 0 Å². The molecule has 0 bridgehead atoms. The van der Waals surface area contributed by atoms with Gasteiger partial charge in [0.05, 0.1) is 12.2 Å². The molecule has 5 nitrogen and oxygen atoms in total. The van der Waals surface area contributed by atoms with Crippen molar-refractivity contribution in [2.75, 3.05) is 6.61 Å². The van der Waals surface area contributed by atoms with Crippen molar-refractivity contribution in [3.8, 4) is 0 Å². The zero-order valence-corrected chi connectivity index (χ0v) is 7.89. The highest BCUT2D eigenvalue weighted by Gasteiger charge is 2.48. The molecule has 0 unspecified atom stereocenters. The predicted molar refractivity (Wildman–Crippen MR) is 39.7 cm³/mol. The van der Waals surface area contributed by atoms with Gasteiger partial charge in [-0.15, -0.1) is 0 Å². The van der Waals surface area contributed by atoms with E-state index in [2.05, 4.69) is 8.92 Å². The molecule has 86 valence electrons. The molecule has 1 saturated heterocycles. The molecule has 15 heavy (non-hydrogen) atoms. The van der Waals surface area contributed by atoms with E-state index in [1.54, 1.807) is 0 Å². The molecule has 0 aromatic rings. The maximum absolute atomic E-state index is 11.7. The van der Waals surface area contributed by atoms with Crippen molar-refractivity contribution in [3.63, 3.8) is 0 Å². The summed E-state index contributed by atoms with van der Waals surface area (Å²) in [4.78, 5) is 10.7. The van der Waals surface area contributed by atoms with Gasteiger partial charge in [0.1, 0.15) is 6.26 Å². The molecule has 0 aromatic heterocycles. The molecule has 0 radical (unpaired) electrons. The maximum Gasteiger partial charge on any atom is 0.534 e. The van der Waals surface area contributed by atoms with Gasteiger partial charge in [-0.25, -0.2) is 4.79 Å². The first kappa shape index (κ1) is 11.8. The molecule has 0 aliphatic carbocycles. The molecule has 1 rings (SSSR count). The fraction of sp³-hybridized carbons (Fsp3) is 0.500. The number of carbonyl (C=O) groups is 1. The van der Waals surface area contributed by atoms with Crippen LogP contribution in [0.2, 0.25) is 0 Å². The van der Waals surface area contributed by atoms with Crippen LogP contribution in [0.4, 0.5) is 13.2 Å². The summed E-state index contributed by atoms with van der Waals surface area (Å²) in [6.45, 7) is 0.0000914. The van der Waals surface area contributed by atoms with Crippen LogP contribution >= 0.6 is 0 Å². The van der Waals surface area contributed by atoms with Crippen molar-refractivity contribution in [2.24, 2.45) is 0 Å². The third kappa shape index (κ3) is 2.61. The van der Waals surface area contributed by atoms with E-state index < -0.39 is 21.6 Å². The predicted octanol–water partition coefficient (Wildman–Crippen LogP) is 0.683.